The van der Waals surface area contributed by atoms with E-state index in [2.05, 4.69) is 17.8 Å². The van der Waals surface area contributed by atoms with Crippen molar-refractivity contribution in [3.05, 3.63) is 0 Å². The fraction of sp³-hybridized carbons (Fsp3) is 0.556. The van der Waals surface area contributed by atoms with Crippen molar-refractivity contribution in [1.82, 2.24) is 0 Å². The van der Waals surface area contributed by atoms with Crippen molar-refractivity contribution in [3.8, 4) is 24.2 Å². The second kappa shape index (κ2) is 6.20. The first-order valence-corrected chi connectivity index (χ1v) is 3.34. The number of hydrogen-bond acceptors (Lipinski definition) is 1. The Kier molecular flexibility index (Phi) is 5.63. The zero-order valence-electron chi connectivity index (χ0n) is 6.48. The topological polar surface area (TPSA) is 9.23 Å². The molecule has 0 radical (unpaired) electrons. The highest BCUT2D eigenvalue weighted by Crippen LogP contribution is 1.84. The van der Waals surface area contributed by atoms with Crippen LogP contribution in [0.3, 0.4) is 0 Å². The average molecular weight is 136 g/mol. The fourth-order valence-corrected chi connectivity index (χ4v) is 0.391. The summed E-state index contributed by atoms with van der Waals surface area (Å²) in [4.78, 5) is 0. The van der Waals surface area contributed by atoms with Gasteiger partial charge in [0.05, 0.1) is 0 Å². The maximum atomic E-state index is 5.08. The third kappa shape index (κ3) is 5.22. The smallest absolute Gasteiger partial charge is 0.116 e. The van der Waals surface area contributed by atoms with Crippen molar-refractivity contribution < 1.29 is 4.74 Å². The predicted molar refractivity (Wildman–Crippen MR) is 42.3 cm³/mol. The van der Waals surface area contributed by atoms with E-state index in [1.807, 2.05) is 13.8 Å². The number of ether oxygens (including phenoxy) is 1. The summed E-state index contributed by atoms with van der Waals surface area (Å²) in [5, 5.41) is 0. The Morgan fingerprint density at radius 3 is 2.70 bits per heavy atom. The van der Waals surface area contributed by atoms with Crippen LogP contribution in [0, 0.1) is 24.2 Å². The minimum absolute atomic E-state index is 0.119. The summed E-state index contributed by atoms with van der Waals surface area (Å²) >= 11 is 0. The first-order valence-electron chi connectivity index (χ1n) is 3.34. The van der Waals surface area contributed by atoms with Crippen molar-refractivity contribution in [2.75, 3.05) is 6.61 Å². The molecule has 54 valence electrons. The normalized spacial score (nSPS) is 10.9. The summed E-state index contributed by atoms with van der Waals surface area (Å²) in [6.45, 7) is 4.27. The standard InChI is InChI=1S/C9H12O/c1-4-6-7-8-10-9(3)5-2/h2,9H,4,8H2,1,3H3/t9-/m1/s1. The molecule has 1 atom stereocenters. The van der Waals surface area contributed by atoms with E-state index in [0.29, 0.717) is 6.61 Å². The molecule has 0 aromatic carbocycles. The van der Waals surface area contributed by atoms with E-state index in [1.54, 1.807) is 0 Å². The van der Waals surface area contributed by atoms with Gasteiger partial charge in [-0.25, -0.2) is 0 Å². The van der Waals surface area contributed by atoms with Crippen LogP contribution in [-0.2, 0) is 4.74 Å². The number of hydrogen-bond donors (Lipinski definition) is 0. The summed E-state index contributed by atoms with van der Waals surface area (Å²) in [6.07, 6.45) is 5.81. The molecule has 0 rings (SSSR count). The van der Waals surface area contributed by atoms with Gasteiger partial charge in [-0.15, -0.1) is 12.3 Å². The van der Waals surface area contributed by atoms with Crippen LogP contribution < -0.4 is 0 Å². The van der Waals surface area contributed by atoms with Gasteiger partial charge in [0.2, 0.25) is 0 Å². The molecule has 0 spiro atoms. The second-order valence-corrected chi connectivity index (χ2v) is 1.83. The number of terminal acetylenes is 1. The van der Waals surface area contributed by atoms with Gasteiger partial charge in [0, 0.05) is 6.42 Å². The Labute approximate surface area is 62.8 Å². The molecule has 0 aromatic heterocycles. The minimum Gasteiger partial charge on any atom is -0.353 e. The Morgan fingerprint density at radius 2 is 2.20 bits per heavy atom. The maximum Gasteiger partial charge on any atom is 0.116 e. The van der Waals surface area contributed by atoms with E-state index in [-0.39, 0.29) is 6.10 Å². The van der Waals surface area contributed by atoms with Crippen molar-refractivity contribution in [3.63, 3.8) is 0 Å². The fourth-order valence-electron chi connectivity index (χ4n) is 0.391. The average Bonchev–Trinajstić information content (AvgIpc) is 1.98. The van der Waals surface area contributed by atoms with E-state index in [1.165, 1.54) is 0 Å². The van der Waals surface area contributed by atoms with Crippen LogP contribution in [-0.4, -0.2) is 12.7 Å². The van der Waals surface area contributed by atoms with E-state index < -0.39 is 0 Å². The van der Waals surface area contributed by atoms with E-state index in [9.17, 15) is 0 Å². The van der Waals surface area contributed by atoms with Crippen molar-refractivity contribution in [1.29, 1.82) is 0 Å². The third-order valence-electron chi connectivity index (χ3n) is 0.942. The van der Waals surface area contributed by atoms with Crippen LogP contribution in [0.1, 0.15) is 20.3 Å². The summed E-state index contributed by atoms with van der Waals surface area (Å²) in [7, 11) is 0. The highest BCUT2D eigenvalue weighted by Gasteiger charge is 1.90. The molecule has 0 saturated carbocycles. The van der Waals surface area contributed by atoms with Crippen molar-refractivity contribution >= 4 is 0 Å². The second-order valence-electron chi connectivity index (χ2n) is 1.83. The lowest BCUT2D eigenvalue weighted by atomic mass is 10.4. The number of rotatable bonds is 2. The highest BCUT2D eigenvalue weighted by atomic mass is 16.5. The maximum absolute atomic E-state index is 5.08. The molecule has 0 unspecified atom stereocenters. The van der Waals surface area contributed by atoms with Crippen LogP contribution in [0.5, 0.6) is 0 Å². The first kappa shape index (κ1) is 9.08. The summed E-state index contributed by atoms with van der Waals surface area (Å²) in [5.74, 6) is 8.17. The zero-order chi connectivity index (χ0) is 7.82. The van der Waals surface area contributed by atoms with E-state index in [4.69, 9.17) is 11.2 Å². The van der Waals surface area contributed by atoms with Gasteiger partial charge in [-0.3, -0.25) is 0 Å². The summed E-state index contributed by atoms with van der Waals surface area (Å²) < 4.78 is 5.08. The molecule has 0 aliphatic rings. The van der Waals surface area contributed by atoms with Gasteiger partial charge in [0.25, 0.3) is 0 Å². The van der Waals surface area contributed by atoms with Crippen molar-refractivity contribution in [2.24, 2.45) is 0 Å². The largest absolute Gasteiger partial charge is 0.353 e. The molecule has 1 heteroatoms. The molecule has 1 nitrogen and oxygen atoms in total. The molecule has 10 heavy (non-hydrogen) atoms. The molecule has 0 heterocycles. The monoisotopic (exact) mass is 136 g/mol. The first-order chi connectivity index (χ1) is 4.81. The van der Waals surface area contributed by atoms with Gasteiger partial charge < -0.3 is 4.74 Å². The van der Waals surface area contributed by atoms with Gasteiger partial charge in [0.1, 0.15) is 12.7 Å². The highest BCUT2D eigenvalue weighted by molar-refractivity contribution is 4.99. The lowest BCUT2D eigenvalue weighted by Crippen LogP contribution is -2.04. The van der Waals surface area contributed by atoms with Crippen LogP contribution in [0.2, 0.25) is 0 Å². The lowest BCUT2D eigenvalue weighted by Gasteiger charge is -1.99. The minimum atomic E-state index is -0.119. The van der Waals surface area contributed by atoms with Gasteiger partial charge in [-0.1, -0.05) is 18.8 Å². The molecule has 0 aromatic rings. The SMILES string of the molecule is C#C[C@@H](C)OCC#CCC. The van der Waals surface area contributed by atoms with E-state index in [0.717, 1.165) is 6.42 Å². The third-order valence-corrected chi connectivity index (χ3v) is 0.942. The zero-order valence-corrected chi connectivity index (χ0v) is 6.48. The molecular weight excluding hydrogens is 124 g/mol. The van der Waals surface area contributed by atoms with Gasteiger partial charge >= 0.3 is 0 Å². The molecule has 0 saturated heterocycles. The van der Waals surface area contributed by atoms with Crippen LogP contribution in [0.4, 0.5) is 0 Å². The molecule has 0 bridgehead atoms. The Balaban J connectivity index is 3.29. The quantitative estimate of drug-likeness (QED) is 0.522. The molecule has 0 N–H and O–H groups in total. The Bertz CT molecular complexity index is 165. The van der Waals surface area contributed by atoms with Crippen LogP contribution in [0.25, 0.3) is 0 Å². The molecular formula is C9H12O. The molecule has 0 aliphatic heterocycles. The van der Waals surface area contributed by atoms with Gasteiger partial charge in [-0.05, 0) is 6.92 Å². The Hall–Kier alpha value is -0.920. The molecule has 0 aliphatic carbocycles. The Morgan fingerprint density at radius 1 is 1.50 bits per heavy atom. The summed E-state index contributed by atoms with van der Waals surface area (Å²) in [6, 6.07) is 0. The van der Waals surface area contributed by atoms with Gasteiger partial charge in [0.15, 0.2) is 0 Å². The molecule has 0 amide bonds. The van der Waals surface area contributed by atoms with Crippen LogP contribution >= 0.6 is 0 Å². The van der Waals surface area contributed by atoms with Crippen LogP contribution in [0.15, 0.2) is 0 Å². The van der Waals surface area contributed by atoms with Crippen molar-refractivity contribution in [2.45, 2.75) is 26.4 Å². The van der Waals surface area contributed by atoms with Gasteiger partial charge in [-0.2, -0.15) is 0 Å². The summed E-state index contributed by atoms with van der Waals surface area (Å²) in [5.41, 5.74) is 0. The van der Waals surface area contributed by atoms with E-state index >= 15 is 0 Å². The predicted octanol–water partition coefficient (Wildman–Crippen LogP) is 1.44. The molecule has 0 fully saturated rings. The lowest BCUT2D eigenvalue weighted by molar-refractivity contribution is 0.134.